The number of urea groups is 1. The molecular weight excluding hydrogens is 306 g/mol. The SMILES string of the molecule is Cc1ccc(NC(=O)NCc2cccnc2)c(Br)c1. The molecule has 0 saturated heterocycles. The van der Waals surface area contributed by atoms with Crippen molar-refractivity contribution in [1.82, 2.24) is 10.3 Å². The fourth-order valence-corrected chi connectivity index (χ4v) is 2.17. The van der Waals surface area contributed by atoms with Gasteiger partial charge in [-0.2, -0.15) is 0 Å². The van der Waals surface area contributed by atoms with Gasteiger partial charge in [0.15, 0.2) is 0 Å². The highest BCUT2D eigenvalue weighted by Crippen LogP contribution is 2.23. The van der Waals surface area contributed by atoms with E-state index in [1.54, 1.807) is 12.4 Å². The Bertz CT molecular complexity index is 572. The minimum atomic E-state index is -0.242. The highest BCUT2D eigenvalue weighted by Gasteiger charge is 2.05. The predicted octanol–water partition coefficient (Wildman–Crippen LogP) is 3.47. The lowest BCUT2D eigenvalue weighted by atomic mass is 10.2. The van der Waals surface area contributed by atoms with E-state index in [4.69, 9.17) is 0 Å². The van der Waals surface area contributed by atoms with Crippen LogP contribution in [0.1, 0.15) is 11.1 Å². The molecule has 0 unspecified atom stereocenters. The molecule has 19 heavy (non-hydrogen) atoms. The number of nitrogens with one attached hydrogen (secondary N) is 2. The summed E-state index contributed by atoms with van der Waals surface area (Å²) in [7, 11) is 0. The number of carbonyl (C=O) groups excluding carboxylic acids is 1. The molecular formula is C14H14BrN3O. The summed E-state index contributed by atoms with van der Waals surface area (Å²) >= 11 is 3.42. The van der Waals surface area contributed by atoms with E-state index in [-0.39, 0.29) is 6.03 Å². The van der Waals surface area contributed by atoms with Gasteiger partial charge in [-0.15, -0.1) is 0 Å². The van der Waals surface area contributed by atoms with Crippen LogP contribution in [0.25, 0.3) is 0 Å². The molecule has 0 aliphatic carbocycles. The summed E-state index contributed by atoms with van der Waals surface area (Å²) in [5, 5.41) is 5.57. The summed E-state index contributed by atoms with van der Waals surface area (Å²) in [6, 6.07) is 9.27. The number of amides is 2. The lowest BCUT2D eigenvalue weighted by Gasteiger charge is -2.09. The molecule has 0 aliphatic heterocycles. The lowest BCUT2D eigenvalue weighted by Crippen LogP contribution is -2.28. The number of pyridine rings is 1. The predicted molar refractivity (Wildman–Crippen MR) is 79.0 cm³/mol. The Morgan fingerprint density at radius 2 is 2.21 bits per heavy atom. The molecule has 0 fully saturated rings. The molecule has 5 heteroatoms. The molecule has 0 spiro atoms. The molecule has 4 nitrogen and oxygen atoms in total. The van der Waals surface area contributed by atoms with Crippen LogP contribution in [-0.2, 0) is 6.54 Å². The van der Waals surface area contributed by atoms with Gasteiger partial charge in [-0.3, -0.25) is 4.98 Å². The highest BCUT2D eigenvalue weighted by molar-refractivity contribution is 9.10. The van der Waals surface area contributed by atoms with Crippen LogP contribution in [0.5, 0.6) is 0 Å². The Morgan fingerprint density at radius 3 is 2.89 bits per heavy atom. The van der Waals surface area contributed by atoms with Crippen LogP contribution in [0.15, 0.2) is 47.2 Å². The Balaban J connectivity index is 1.91. The van der Waals surface area contributed by atoms with Crippen LogP contribution in [0, 0.1) is 6.92 Å². The first-order valence-corrected chi connectivity index (χ1v) is 6.64. The van der Waals surface area contributed by atoms with Crippen molar-refractivity contribution in [3.8, 4) is 0 Å². The number of anilines is 1. The van der Waals surface area contributed by atoms with Gasteiger partial charge in [0.1, 0.15) is 0 Å². The van der Waals surface area contributed by atoms with E-state index in [1.807, 2.05) is 37.3 Å². The van der Waals surface area contributed by atoms with Gasteiger partial charge in [-0.25, -0.2) is 4.79 Å². The normalized spacial score (nSPS) is 10.0. The monoisotopic (exact) mass is 319 g/mol. The van der Waals surface area contributed by atoms with E-state index in [9.17, 15) is 4.79 Å². The summed E-state index contributed by atoms with van der Waals surface area (Å²) in [4.78, 5) is 15.8. The summed E-state index contributed by atoms with van der Waals surface area (Å²) in [6.45, 7) is 2.44. The lowest BCUT2D eigenvalue weighted by molar-refractivity contribution is 0.251. The van der Waals surface area contributed by atoms with Crippen molar-refractivity contribution >= 4 is 27.6 Å². The Hall–Kier alpha value is -1.88. The summed E-state index contributed by atoms with van der Waals surface area (Å²) in [5.41, 5.74) is 2.84. The number of nitrogens with zero attached hydrogens (tertiary/aromatic N) is 1. The van der Waals surface area contributed by atoms with E-state index < -0.39 is 0 Å². The number of hydrogen-bond acceptors (Lipinski definition) is 2. The van der Waals surface area contributed by atoms with Crippen molar-refractivity contribution in [3.05, 3.63) is 58.3 Å². The first kappa shape index (κ1) is 13.5. The minimum Gasteiger partial charge on any atom is -0.334 e. The number of aromatic nitrogens is 1. The average molecular weight is 320 g/mol. The summed E-state index contributed by atoms with van der Waals surface area (Å²) in [5.74, 6) is 0. The van der Waals surface area contributed by atoms with Gasteiger partial charge in [-0.1, -0.05) is 12.1 Å². The fraction of sp³-hybridized carbons (Fsp3) is 0.143. The molecule has 0 saturated carbocycles. The average Bonchev–Trinajstić information content (AvgIpc) is 2.41. The molecule has 2 rings (SSSR count). The summed E-state index contributed by atoms with van der Waals surface area (Å²) < 4.78 is 0.865. The second-order valence-corrected chi connectivity index (χ2v) is 5.01. The molecule has 98 valence electrons. The van der Waals surface area contributed by atoms with Crippen molar-refractivity contribution in [2.75, 3.05) is 5.32 Å². The number of rotatable bonds is 3. The number of benzene rings is 1. The van der Waals surface area contributed by atoms with Gasteiger partial charge in [0.05, 0.1) is 5.69 Å². The maximum Gasteiger partial charge on any atom is 0.319 e. The van der Waals surface area contributed by atoms with E-state index >= 15 is 0 Å². The van der Waals surface area contributed by atoms with E-state index in [0.29, 0.717) is 6.54 Å². The van der Waals surface area contributed by atoms with Gasteiger partial charge in [0.25, 0.3) is 0 Å². The van der Waals surface area contributed by atoms with Crippen molar-refractivity contribution in [2.45, 2.75) is 13.5 Å². The standard InChI is InChI=1S/C14H14BrN3O/c1-10-4-5-13(12(15)7-10)18-14(19)17-9-11-3-2-6-16-8-11/h2-8H,9H2,1H3,(H2,17,18,19). The number of hydrogen-bond donors (Lipinski definition) is 2. The fourth-order valence-electron chi connectivity index (χ4n) is 1.57. The quantitative estimate of drug-likeness (QED) is 0.910. The number of carbonyl (C=O) groups is 1. The number of aryl methyl sites for hydroxylation is 1. The Kier molecular flexibility index (Phi) is 4.52. The van der Waals surface area contributed by atoms with E-state index in [1.165, 1.54) is 0 Å². The molecule has 1 aromatic heterocycles. The number of halogens is 1. The zero-order chi connectivity index (χ0) is 13.7. The van der Waals surface area contributed by atoms with E-state index in [0.717, 1.165) is 21.3 Å². The molecule has 1 aromatic carbocycles. The second-order valence-electron chi connectivity index (χ2n) is 4.15. The van der Waals surface area contributed by atoms with Crippen molar-refractivity contribution in [3.63, 3.8) is 0 Å². The first-order valence-electron chi connectivity index (χ1n) is 5.85. The molecule has 2 N–H and O–H groups in total. The molecule has 0 radical (unpaired) electrons. The molecule has 0 bridgehead atoms. The first-order chi connectivity index (χ1) is 9.15. The Labute approximate surface area is 120 Å². The van der Waals surface area contributed by atoms with Crippen molar-refractivity contribution in [1.29, 1.82) is 0 Å². The minimum absolute atomic E-state index is 0.242. The van der Waals surface area contributed by atoms with Crippen LogP contribution in [-0.4, -0.2) is 11.0 Å². The van der Waals surface area contributed by atoms with Crippen LogP contribution in [0.4, 0.5) is 10.5 Å². The van der Waals surface area contributed by atoms with Gasteiger partial charge in [0, 0.05) is 23.4 Å². The van der Waals surface area contributed by atoms with Gasteiger partial charge >= 0.3 is 6.03 Å². The molecule has 2 amide bonds. The summed E-state index contributed by atoms with van der Waals surface area (Å²) in [6.07, 6.45) is 3.43. The third-order valence-electron chi connectivity index (χ3n) is 2.55. The molecule has 2 aromatic rings. The zero-order valence-corrected chi connectivity index (χ0v) is 12.1. The van der Waals surface area contributed by atoms with Crippen LogP contribution in [0.2, 0.25) is 0 Å². The van der Waals surface area contributed by atoms with Crippen LogP contribution < -0.4 is 10.6 Å². The molecule has 1 heterocycles. The highest BCUT2D eigenvalue weighted by atomic mass is 79.9. The smallest absolute Gasteiger partial charge is 0.319 e. The van der Waals surface area contributed by atoms with E-state index in [2.05, 4.69) is 31.5 Å². The van der Waals surface area contributed by atoms with Crippen molar-refractivity contribution < 1.29 is 4.79 Å². The largest absolute Gasteiger partial charge is 0.334 e. The third-order valence-corrected chi connectivity index (χ3v) is 3.20. The maximum absolute atomic E-state index is 11.8. The second kappa shape index (κ2) is 6.33. The zero-order valence-electron chi connectivity index (χ0n) is 10.5. The van der Waals surface area contributed by atoms with Gasteiger partial charge in [0.2, 0.25) is 0 Å². The molecule has 0 aliphatic rings. The maximum atomic E-state index is 11.8. The van der Waals surface area contributed by atoms with Crippen LogP contribution >= 0.6 is 15.9 Å². The van der Waals surface area contributed by atoms with Crippen LogP contribution in [0.3, 0.4) is 0 Å². The third kappa shape index (κ3) is 4.06. The van der Waals surface area contributed by atoms with Gasteiger partial charge in [-0.05, 0) is 52.2 Å². The molecule has 0 atom stereocenters. The Morgan fingerprint density at radius 1 is 1.37 bits per heavy atom. The topological polar surface area (TPSA) is 54.0 Å². The van der Waals surface area contributed by atoms with Gasteiger partial charge < -0.3 is 10.6 Å². The van der Waals surface area contributed by atoms with Crippen molar-refractivity contribution in [2.24, 2.45) is 0 Å².